The Morgan fingerprint density at radius 3 is 1.78 bits per heavy atom. The first-order valence-electron chi connectivity index (χ1n) is 10.3. The fourth-order valence-electron chi connectivity index (χ4n) is 3.05. The third-order valence-corrected chi connectivity index (χ3v) is 4.75. The number of nitrogens with one attached hydrogen (secondary N) is 1. The molecule has 0 fully saturated rings. The Morgan fingerprint density at radius 1 is 0.815 bits per heavy atom. The topological polar surface area (TPSA) is 75.6 Å². The average Bonchev–Trinajstić information content (AvgIpc) is 2.68. The van der Waals surface area contributed by atoms with E-state index in [1.54, 1.807) is 12.1 Å². The Hall–Kier alpha value is -2.04. The zero-order valence-electron chi connectivity index (χ0n) is 16.7. The Balaban J connectivity index is 1.84. The van der Waals surface area contributed by atoms with Crippen LogP contribution >= 0.6 is 0 Å². The summed E-state index contributed by atoms with van der Waals surface area (Å²) in [4.78, 5) is 21.8. The fraction of sp³-hybridized carbons (Fsp3) is 0.636. The number of benzene rings is 1. The molecule has 152 valence electrons. The summed E-state index contributed by atoms with van der Waals surface area (Å²) < 4.78 is 4.63. The van der Waals surface area contributed by atoms with Gasteiger partial charge in [0.25, 0.3) is 0 Å². The van der Waals surface area contributed by atoms with Gasteiger partial charge >= 0.3 is 11.9 Å². The molecule has 0 unspecified atom stereocenters. The molecule has 1 aromatic rings. The summed E-state index contributed by atoms with van der Waals surface area (Å²) >= 11 is 0. The van der Waals surface area contributed by atoms with Crippen LogP contribution in [0.2, 0.25) is 0 Å². The van der Waals surface area contributed by atoms with Crippen LogP contribution in [0.4, 0.5) is 5.69 Å². The number of hydrogen-bond acceptors (Lipinski definition) is 4. The number of ether oxygens (including phenoxy) is 1. The van der Waals surface area contributed by atoms with E-state index >= 15 is 0 Å². The van der Waals surface area contributed by atoms with Crippen LogP contribution in [0.1, 0.15) is 87.4 Å². The van der Waals surface area contributed by atoms with Gasteiger partial charge in [-0.3, -0.25) is 4.79 Å². The molecule has 0 spiro atoms. The van der Waals surface area contributed by atoms with Gasteiger partial charge in [0, 0.05) is 18.7 Å². The standard InChI is InChI=1S/C22H35NO4/c1-27-21(24)13-11-9-7-5-3-2-4-6-8-10-12-18-23-20-16-14-19(15-17-20)22(25)26/h14-17,23H,2-13,18H2,1H3,(H,25,26). The molecule has 0 atom stereocenters. The SMILES string of the molecule is COC(=O)CCCCCCCCCCCCCNc1ccc(C(=O)O)cc1. The number of rotatable bonds is 16. The molecule has 0 aromatic heterocycles. The number of unbranched alkanes of at least 4 members (excludes halogenated alkanes) is 10. The molecule has 0 amide bonds. The molecular weight excluding hydrogens is 342 g/mol. The van der Waals surface area contributed by atoms with Gasteiger partial charge in [0.05, 0.1) is 12.7 Å². The van der Waals surface area contributed by atoms with Gasteiger partial charge in [0.2, 0.25) is 0 Å². The molecule has 0 bridgehead atoms. The number of esters is 1. The number of carbonyl (C=O) groups is 2. The average molecular weight is 378 g/mol. The lowest BCUT2D eigenvalue weighted by Gasteiger charge is -2.07. The third-order valence-electron chi connectivity index (χ3n) is 4.75. The lowest BCUT2D eigenvalue weighted by molar-refractivity contribution is -0.140. The van der Waals surface area contributed by atoms with Crippen molar-refractivity contribution in [1.29, 1.82) is 0 Å². The van der Waals surface area contributed by atoms with Crippen molar-refractivity contribution in [2.24, 2.45) is 0 Å². The van der Waals surface area contributed by atoms with Crippen LogP contribution < -0.4 is 5.32 Å². The van der Waals surface area contributed by atoms with Gasteiger partial charge in [-0.25, -0.2) is 4.79 Å². The van der Waals surface area contributed by atoms with E-state index in [1.807, 2.05) is 12.1 Å². The molecule has 1 aromatic carbocycles. The zero-order chi connectivity index (χ0) is 19.7. The highest BCUT2D eigenvalue weighted by Gasteiger charge is 2.01. The van der Waals surface area contributed by atoms with Crippen LogP contribution in [0.15, 0.2) is 24.3 Å². The van der Waals surface area contributed by atoms with E-state index in [0.717, 1.165) is 31.5 Å². The molecule has 0 saturated carbocycles. The maximum atomic E-state index is 11.0. The van der Waals surface area contributed by atoms with Crippen molar-refractivity contribution >= 4 is 17.6 Å². The smallest absolute Gasteiger partial charge is 0.335 e. The van der Waals surface area contributed by atoms with Gasteiger partial charge in [0.15, 0.2) is 0 Å². The highest BCUT2D eigenvalue weighted by molar-refractivity contribution is 5.87. The second kappa shape index (κ2) is 15.1. The predicted molar refractivity (Wildman–Crippen MR) is 109 cm³/mol. The highest BCUT2D eigenvalue weighted by atomic mass is 16.5. The number of carbonyl (C=O) groups excluding carboxylic acids is 1. The first kappa shape index (κ1) is 23.0. The Labute approximate surface area is 163 Å². The van der Waals surface area contributed by atoms with Gasteiger partial charge in [0.1, 0.15) is 0 Å². The van der Waals surface area contributed by atoms with E-state index in [0.29, 0.717) is 12.0 Å². The summed E-state index contributed by atoms with van der Waals surface area (Å²) in [5.41, 5.74) is 1.30. The lowest BCUT2D eigenvalue weighted by atomic mass is 10.1. The minimum Gasteiger partial charge on any atom is -0.478 e. The van der Waals surface area contributed by atoms with Crippen molar-refractivity contribution in [2.45, 2.75) is 77.0 Å². The maximum Gasteiger partial charge on any atom is 0.335 e. The highest BCUT2D eigenvalue weighted by Crippen LogP contribution is 2.13. The summed E-state index contributed by atoms with van der Waals surface area (Å²) in [6.07, 6.45) is 14.0. The van der Waals surface area contributed by atoms with Crippen molar-refractivity contribution in [3.63, 3.8) is 0 Å². The van der Waals surface area contributed by atoms with Crippen molar-refractivity contribution in [2.75, 3.05) is 19.0 Å². The first-order valence-corrected chi connectivity index (χ1v) is 10.3. The molecule has 0 radical (unpaired) electrons. The van der Waals surface area contributed by atoms with Crippen molar-refractivity contribution in [3.05, 3.63) is 29.8 Å². The van der Waals surface area contributed by atoms with Gasteiger partial charge in [-0.1, -0.05) is 57.8 Å². The number of methoxy groups -OCH3 is 1. The normalized spacial score (nSPS) is 10.6. The van der Waals surface area contributed by atoms with Gasteiger partial charge in [-0.15, -0.1) is 0 Å². The number of hydrogen-bond donors (Lipinski definition) is 2. The molecule has 5 nitrogen and oxygen atoms in total. The zero-order valence-corrected chi connectivity index (χ0v) is 16.7. The van der Waals surface area contributed by atoms with Gasteiger partial charge in [-0.2, -0.15) is 0 Å². The lowest BCUT2D eigenvalue weighted by Crippen LogP contribution is -2.02. The molecule has 0 saturated heterocycles. The van der Waals surface area contributed by atoms with Crippen molar-refractivity contribution in [3.8, 4) is 0 Å². The van der Waals surface area contributed by atoms with Crippen molar-refractivity contribution in [1.82, 2.24) is 0 Å². The van der Waals surface area contributed by atoms with Crippen LogP contribution in [0.25, 0.3) is 0 Å². The summed E-state index contributed by atoms with van der Waals surface area (Å²) in [7, 11) is 1.44. The monoisotopic (exact) mass is 377 g/mol. The van der Waals surface area contributed by atoms with Crippen LogP contribution in [-0.4, -0.2) is 30.7 Å². The largest absolute Gasteiger partial charge is 0.478 e. The molecule has 0 aliphatic heterocycles. The summed E-state index contributed by atoms with van der Waals surface area (Å²) in [6.45, 7) is 0.929. The van der Waals surface area contributed by atoms with E-state index < -0.39 is 5.97 Å². The predicted octanol–water partition coefficient (Wildman–Crippen LogP) is 5.65. The van der Waals surface area contributed by atoms with E-state index in [1.165, 1.54) is 58.5 Å². The Bertz CT molecular complexity index is 528. The molecule has 5 heteroatoms. The van der Waals surface area contributed by atoms with Crippen molar-refractivity contribution < 1.29 is 19.4 Å². The molecule has 1 rings (SSSR count). The number of carboxylic acid groups (broad SMARTS) is 1. The maximum absolute atomic E-state index is 11.0. The fourth-order valence-corrected chi connectivity index (χ4v) is 3.05. The van der Waals surface area contributed by atoms with Crippen LogP contribution in [-0.2, 0) is 9.53 Å². The van der Waals surface area contributed by atoms with Crippen LogP contribution in [0.3, 0.4) is 0 Å². The van der Waals surface area contributed by atoms with E-state index in [9.17, 15) is 9.59 Å². The number of carboxylic acids is 1. The van der Waals surface area contributed by atoms with E-state index in [4.69, 9.17) is 5.11 Å². The molecule has 0 aliphatic rings. The van der Waals surface area contributed by atoms with Crippen LogP contribution in [0.5, 0.6) is 0 Å². The van der Waals surface area contributed by atoms with Crippen LogP contribution in [0, 0.1) is 0 Å². The quantitative estimate of drug-likeness (QED) is 0.287. The second-order valence-electron chi connectivity index (χ2n) is 7.02. The summed E-state index contributed by atoms with van der Waals surface area (Å²) in [5.74, 6) is -0.985. The minimum absolute atomic E-state index is 0.0960. The molecule has 2 N–H and O–H groups in total. The second-order valence-corrected chi connectivity index (χ2v) is 7.02. The first-order chi connectivity index (χ1) is 13.1. The Morgan fingerprint density at radius 2 is 1.30 bits per heavy atom. The molecule has 0 heterocycles. The number of aromatic carboxylic acids is 1. The minimum atomic E-state index is -0.889. The third kappa shape index (κ3) is 12.1. The van der Waals surface area contributed by atoms with Gasteiger partial charge in [-0.05, 0) is 37.1 Å². The molecule has 27 heavy (non-hydrogen) atoms. The van der Waals surface area contributed by atoms with Gasteiger partial charge < -0.3 is 15.2 Å². The molecule has 0 aliphatic carbocycles. The summed E-state index contributed by atoms with van der Waals surface area (Å²) in [6, 6.07) is 6.89. The summed E-state index contributed by atoms with van der Waals surface area (Å²) in [5, 5.41) is 12.2. The molecular formula is C22H35NO4. The van der Waals surface area contributed by atoms with E-state index in [2.05, 4.69) is 10.1 Å². The Kier molecular flexibility index (Phi) is 12.8. The number of anilines is 1. The van der Waals surface area contributed by atoms with E-state index in [-0.39, 0.29) is 5.97 Å².